The molecule has 2 rings (SSSR count). The average molecular weight is 455 g/mol. The molecule has 1 heterocycles. The number of carbonyl (C=O) groups excluding carboxylic acids is 2. The Labute approximate surface area is 192 Å². The van der Waals surface area contributed by atoms with E-state index in [1.165, 1.54) is 0 Å². The van der Waals surface area contributed by atoms with Gasteiger partial charge in [0.25, 0.3) is 0 Å². The fourth-order valence-corrected chi connectivity index (χ4v) is 5.61. The zero-order valence-corrected chi connectivity index (χ0v) is 20.9. The number of nitrogens with one attached hydrogen (secondary N) is 1. The summed E-state index contributed by atoms with van der Waals surface area (Å²) in [6, 6.07) is -0.584. The molecular weight excluding hydrogens is 412 g/mol. The summed E-state index contributed by atoms with van der Waals surface area (Å²) < 4.78 is 6.11. The van der Waals surface area contributed by atoms with Gasteiger partial charge in [-0.05, 0) is 66.7 Å². The smallest absolute Gasteiger partial charge is 0.242 e. The maximum absolute atomic E-state index is 14.1. The molecule has 0 aromatic carbocycles. The van der Waals surface area contributed by atoms with Crippen molar-refractivity contribution in [2.45, 2.75) is 90.4 Å². The predicted molar refractivity (Wildman–Crippen MR) is 127 cm³/mol. The maximum Gasteiger partial charge on any atom is 0.242 e. The number of likely N-dealkylation sites (N-methyl/N-ethyl adjacent to an activating group) is 1. The molecule has 2 atom stereocenters. The number of carbonyl (C=O) groups is 2. The van der Waals surface area contributed by atoms with E-state index < -0.39 is 22.7 Å². The van der Waals surface area contributed by atoms with E-state index in [1.807, 2.05) is 32.5 Å². The van der Waals surface area contributed by atoms with E-state index >= 15 is 0 Å². The third-order valence-corrected chi connectivity index (χ3v) is 8.02. The summed E-state index contributed by atoms with van der Waals surface area (Å²) in [5.74, 6) is 1.48. The normalized spacial score (nSPS) is 24.1. The number of rotatable bonds is 11. The van der Waals surface area contributed by atoms with Crippen LogP contribution in [-0.2, 0) is 14.3 Å². The SMILES string of the molecule is C=C(C)CCCC(C(=O)NCC)N(CC1(C)CSCCO1)C(=O)C1(C(C)(C)O)CCC1. The zero-order chi connectivity index (χ0) is 23.3. The highest BCUT2D eigenvalue weighted by atomic mass is 32.2. The molecule has 2 amide bonds. The Bertz CT molecular complexity index is 648. The van der Waals surface area contributed by atoms with Gasteiger partial charge in [-0.1, -0.05) is 12.0 Å². The molecule has 1 saturated heterocycles. The lowest BCUT2D eigenvalue weighted by Gasteiger charge is -2.52. The molecule has 178 valence electrons. The first-order valence-corrected chi connectivity index (χ1v) is 12.8. The van der Waals surface area contributed by atoms with Crippen molar-refractivity contribution >= 4 is 23.6 Å². The standard InChI is InChI=1S/C24H42N2O4S/c1-7-25-20(27)19(11-8-10-18(2)3)26(16-23(6)17-31-15-14-30-23)21(28)24(12-9-13-24)22(4,5)29/h19,29H,2,7-17H2,1,3-6H3,(H,25,27). The molecule has 1 aliphatic heterocycles. The van der Waals surface area contributed by atoms with Gasteiger partial charge in [0, 0.05) is 18.1 Å². The van der Waals surface area contributed by atoms with Gasteiger partial charge in [0.05, 0.1) is 29.8 Å². The molecule has 2 N–H and O–H groups in total. The summed E-state index contributed by atoms with van der Waals surface area (Å²) in [5, 5.41) is 13.9. The van der Waals surface area contributed by atoms with E-state index in [2.05, 4.69) is 11.9 Å². The van der Waals surface area contributed by atoms with Crippen molar-refractivity contribution in [2.75, 3.05) is 31.2 Å². The first-order chi connectivity index (χ1) is 14.5. The van der Waals surface area contributed by atoms with Crippen LogP contribution >= 0.6 is 11.8 Å². The maximum atomic E-state index is 14.1. The van der Waals surface area contributed by atoms with Crippen LogP contribution in [0.15, 0.2) is 12.2 Å². The summed E-state index contributed by atoms with van der Waals surface area (Å²) in [5.41, 5.74) is -1.43. The Morgan fingerprint density at radius 1 is 1.35 bits per heavy atom. The lowest BCUT2D eigenvalue weighted by Crippen LogP contribution is -2.65. The predicted octanol–water partition coefficient (Wildman–Crippen LogP) is 3.53. The molecule has 2 aliphatic rings. The Morgan fingerprint density at radius 3 is 2.48 bits per heavy atom. The first kappa shape index (κ1) is 26.2. The van der Waals surface area contributed by atoms with E-state index in [9.17, 15) is 14.7 Å². The molecule has 0 radical (unpaired) electrons. The highest BCUT2D eigenvalue weighted by Gasteiger charge is 2.57. The molecule has 6 nitrogen and oxygen atoms in total. The number of allylic oxidation sites excluding steroid dienone is 1. The van der Waals surface area contributed by atoms with Gasteiger partial charge >= 0.3 is 0 Å². The Morgan fingerprint density at radius 2 is 2.03 bits per heavy atom. The lowest BCUT2D eigenvalue weighted by molar-refractivity contribution is -0.179. The van der Waals surface area contributed by atoms with Gasteiger partial charge in [0.2, 0.25) is 11.8 Å². The van der Waals surface area contributed by atoms with Crippen LogP contribution < -0.4 is 5.32 Å². The molecule has 31 heavy (non-hydrogen) atoms. The molecule has 2 fully saturated rings. The second kappa shape index (κ2) is 10.7. The van der Waals surface area contributed by atoms with Crippen LogP contribution in [0.4, 0.5) is 0 Å². The van der Waals surface area contributed by atoms with E-state index in [-0.39, 0.29) is 11.8 Å². The largest absolute Gasteiger partial charge is 0.389 e. The van der Waals surface area contributed by atoms with Crippen LogP contribution in [-0.4, -0.2) is 70.3 Å². The summed E-state index contributed by atoms with van der Waals surface area (Å²) in [6.45, 7) is 14.8. The summed E-state index contributed by atoms with van der Waals surface area (Å²) >= 11 is 1.82. The number of thioether (sulfide) groups is 1. The molecule has 7 heteroatoms. The van der Waals surface area contributed by atoms with Crippen molar-refractivity contribution in [3.05, 3.63) is 12.2 Å². The number of aliphatic hydroxyl groups is 1. The van der Waals surface area contributed by atoms with Gasteiger partial charge in [-0.25, -0.2) is 0 Å². The highest BCUT2D eigenvalue weighted by molar-refractivity contribution is 7.99. The minimum absolute atomic E-state index is 0.113. The van der Waals surface area contributed by atoms with Crippen LogP contribution in [0.1, 0.15) is 73.1 Å². The van der Waals surface area contributed by atoms with E-state index in [1.54, 1.807) is 18.7 Å². The zero-order valence-electron chi connectivity index (χ0n) is 20.1. The topological polar surface area (TPSA) is 78.9 Å². The van der Waals surface area contributed by atoms with Crippen LogP contribution in [0, 0.1) is 5.41 Å². The molecule has 1 aliphatic carbocycles. The van der Waals surface area contributed by atoms with Crippen molar-refractivity contribution in [3.8, 4) is 0 Å². The quantitative estimate of drug-likeness (QED) is 0.467. The van der Waals surface area contributed by atoms with Gasteiger partial charge in [-0.2, -0.15) is 11.8 Å². The van der Waals surface area contributed by atoms with Crippen LogP contribution in [0.2, 0.25) is 0 Å². The Kier molecular flexibility index (Phi) is 9.05. The fraction of sp³-hybridized carbons (Fsp3) is 0.833. The number of hydrogen-bond acceptors (Lipinski definition) is 5. The molecule has 2 unspecified atom stereocenters. The fourth-order valence-electron chi connectivity index (χ4n) is 4.66. The van der Waals surface area contributed by atoms with Gasteiger partial charge in [0.1, 0.15) is 6.04 Å². The summed E-state index contributed by atoms with van der Waals surface area (Å²) in [6.07, 6.45) is 4.36. The van der Waals surface area contributed by atoms with Crippen molar-refractivity contribution in [2.24, 2.45) is 5.41 Å². The molecule has 0 aromatic heterocycles. The van der Waals surface area contributed by atoms with Crippen molar-refractivity contribution in [1.82, 2.24) is 10.2 Å². The molecular formula is C24H42N2O4S. The average Bonchev–Trinajstić information content (AvgIpc) is 2.62. The summed E-state index contributed by atoms with van der Waals surface area (Å²) in [4.78, 5) is 29.0. The number of amides is 2. The van der Waals surface area contributed by atoms with Gasteiger partial charge in [-0.15, -0.1) is 6.58 Å². The van der Waals surface area contributed by atoms with Crippen molar-refractivity contribution in [1.29, 1.82) is 0 Å². The number of ether oxygens (including phenoxy) is 1. The molecule has 0 aromatic rings. The molecule has 1 saturated carbocycles. The first-order valence-electron chi connectivity index (χ1n) is 11.6. The minimum Gasteiger partial charge on any atom is -0.389 e. The van der Waals surface area contributed by atoms with Gasteiger partial charge in [0.15, 0.2) is 0 Å². The third-order valence-electron chi connectivity index (χ3n) is 6.75. The second-order valence-electron chi connectivity index (χ2n) is 10.0. The van der Waals surface area contributed by atoms with Crippen LogP contribution in [0.5, 0.6) is 0 Å². The van der Waals surface area contributed by atoms with Gasteiger partial charge in [-0.3, -0.25) is 9.59 Å². The third kappa shape index (κ3) is 6.26. The number of hydrogen-bond donors (Lipinski definition) is 2. The molecule has 0 spiro atoms. The van der Waals surface area contributed by atoms with Crippen molar-refractivity contribution in [3.63, 3.8) is 0 Å². The van der Waals surface area contributed by atoms with E-state index in [4.69, 9.17) is 4.74 Å². The highest BCUT2D eigenvalue weighted by Crippen LogP contribution is 2.51. The molecule has 0 bridgehead atoms. The lowest BCUT2D eigenvalue weighted by atomic mass is 9.58. The van der Waals surface area contributed by atoms with E-state index in [0.717, 1.165) is 36.3 Å². The van der Waals surface area contributed by atoms with Crippen LogP contribution in [0.3, 0.4) is 0 Å². The van der Waals surface area contributed by atoms with E-state index in [0.29, 0.717) is 39.0 Å². The monoisotopic (exact) mass is 454 g/mol. The van der Waals surface area contributed by atoms with Crippen LogP contribution in [0.25, 0.3) is 0 Å². The second-order valence-corrected chi connectivity index (χ2v) is 11.1. The van der Waals surface area contributed by atoms with Crippen molar-refractivity contribution < 1.29 is 19.4 Å². The minimum atomic E-state index is -1.15. The summed E-state index contributed by atoms with van der Waals surface area (Å²) in [7, 11) is 0. The van der Waals surface area contributed by atoms with Gasteiger partial charge < -0.3 is 20.1 Å². The number of nitrogens with zero attached hydrogens (tertiary/aromatic N) is 1. The Hall–Kier alpha value is -1.05. The Balaban J connectivity index is 2.39.